The van der Waals surface area contributed by atoms with Crippen molar-refractivity contribution in [2.24, 2.45) is 5.92 Å². The number of halogens is 2. The highest BCUT2D eigenvalue weighted by Gasteiger charge is 2.37. The van der Waals surface area contributed by atoms with Gasteiger partial charge in [-0.05, 0) is 19.8 Å². The van der Waals surface area contributed by atoms with Crippen LogP contribution in [0.3, 0.4) is 0 Å². The third-order valence-corrected chi connectivity index (χ3v) is 3.01. The van der Waals surface area contributed by atoms with Gasteiger partial charge in [0, 0.05) is 18.8 Å². The highest BCUT2D eigenvalue weighted by Crippen LogP contribution is 2.36. The van der Waals surface area contributed by atoms with Crippen LogP contribution in [0.25, 0.3) is 0 Å². The lowest BCUT2D eigenvalue weighted by molar-refractivity contribution is -0.154. The lowest BCUT2D eigenvalue weighted by Crippen LogP contribution is -2.31. The molecular formula is C12H16F2O4. The van der Waals surface area contributed by atoms with Crippen LogP contribution in [0, 0.1) is 5.92 Å². The van der Waals surface area contributed by atoms with Crippen molar-refractivity contribution in [2.75, 3.05) is 6.61 Å². The number of alkyl halides is 2. The van der Waals surface area contributed by atoms with Crippen LogP contribution >= 0.6 is 0 Å². The van der Waals surface area contributed by atoms with Crippen LogP contribution in [0.15, 0.2) is 0 Å². The maximum atomic E-state index is 12.9. The third-order valence-electron chi connectivity index (χ3n) is 3.01. The molecule has 0 atom stereocenters. The molecule has 1 rings (SSSR count). The lowest BCUT2D eigenvalue weighted by Gasteiger charge is -2.27. The van der Waals surface area contributed by atoms with Gasteiger partial charge in [-0.15, -0.1) is 0 Å². The van der Waals surface area contributed by atoms with Crippen molar-refractivity contribution in [1.29, 1.82) is 0 Å². The van der Waals surface area contributed by atoms with E-state index < -0.39 is 35.8 Å². The Labute approximate surface area is 104 Å². The molecule has 0 unspecified atom stereocenters. The van der Waals surface area contributed by atoms with E-state index in [9.17, 15) is 23.2 Å². The summed E-state index contributed by atoms with van der Waals surface area (Å²) in [4.78, 5) is 33.9. The highest BCUT2D eigenvalue weighted by atomic mass is 19.3. The molecule has 0 radical (unpaired) electrons. The average molecular weight is 262 g/mol. The smallest absolute Gasteiger partial charge is 0.375 e. The molecule has 1 saturated carbocycles. The molecular weight excluding hydrogens is 246 g/mol. The molecule has 0 bridgehead atoms. The number of Topliss-reactive ketones (excluding diaryl/α,β-unsaturated/α-hetero) is 2. The molecule has 0 heterocycles. The molecule has 1 fully saturated rings. The van der Waals surface area contributed by atoms with Crippen molar-refractivity contribution in [1.82, 2.24) is 0 Å². The van der Waals surface area contributed by atoms with E-state index in [0.717, 1.165) is 0 Å². The predicted octanol–water partition coefficient (Wildman–Crippen LogP) is 1.90. The Morgan fingerprint density at radius 2 is 1.78 bits per heavy atom. The van der Waals surface area contributed by atoms with Crippen molar-refractivity contribution in [3.63, 3.8) is 0 Å². The third kappa shape index (κ3) is 4.16. The van der Waals surface area contributed by atoms with Crippen molar-refractivity contribution in [2.45, 2.75) is 45.0 Å². The van der Waals surface area contributed by atoms with Crippen molar-refractivity contribution in [3.05, 3.63) is 0 Å². The number of hydrogen-bond acceptors (Lipinski definition) is 4. The molecule has 0 amide bonds. The number of ether oxygens (including phenoxy) is 1. The summed E-state index contributed by atoms with van der Waals surface area (Å²) in [5, 5.41) is 0. The van der Waals surface area contributed by atoms with Gasteiger partial charge < -0.3 is 4.74 Å². The number of carbonyl (C=O) groups is 3. The molecule has 0 saturated heterocycles. The predicted molar refractivity (Wildman–Crippen MR) is 58.2 cm³/mol. The van der Waals surface area contributed by atoms with Crippen LogP contribution in [0.2, 0.25) is 0 Å². The van der Waals surface area contributed by atoms with E-state index in [1.165, 1.54) is 0 Å². The fourth-order valence-electron chi connectivity index (χ4n) is 1.95. The number of rotatable bonds is 5. The molecule has 4 nitrogen and oxygen atoms in total. The molecule has 0 aromatic carbocycles. The van der Waals surface area contributed by atoms with Crippen molar-refractivity contribution < 1.29 is 27.9 Å². The monoisotopic (exact) mass is 262 g/mol. The first kappa shape index (κ1) is 14.7. The molecule has 0 spiro atoms. The maximum Gasteiger partial charge on any atom is 0.375 e. The Bertz CT molecular complexity index is 342. The molecule has 102 valence electrons. The Balaban J connectivity index is 2.42. The van der Waals surface area contributed by atoms with E-state index in [1.54, 1.807) is 6.92 Å². The van der Waals surface area contributed by atoms with E-state index in [1.807, 2.05) is 0 Å². The summed E-state index contributed by atoms with van der Waals surface area (Å²) in [5.41, 5.74) is 0. The first-order chi connectivity index (χ1) is 8.35. The second-order valence-electron chi connectivity index (χ2n) is 4.42. The van der Waals surface area contributed by atoms with Crippen LogP contribution in [0.4, 0.5) is 8.78 Å². The molecule has 18 heavy (non-hydrogen) atoms. The van der Waals surface area contributed by atoms with E-state index in [0.29, 0.717) is 0 Å². The Morgan fingerprint density at radius 1 is 1.22 bits per heavy atom. The van der Waals surface area contributed by atoms with Crippen LogP contribution in [0.5, 0.6) is 0 Å². The van der Waals surface area contributed by atoms with Crippen LogP contribution in [-0.2, 0) is 19.1 Å². The fraction of sp³-hybridized carbons (Fsp3) is 0.750. The summed E-state index contributed by atoms with van der Waals surface area (Å²) in [6.07, 6.45) is -1.08. The van der Waals surface area contributed by atoms with Crippen molar-refractivity contribution in [3.8, 4) is 0 Å². The SMILES string of the molecule is CCOC(=O)C(=O)CC(=O)C1CCC(F)(F)CC1. The van der Waals surface area contributed by atoms with Crippen molar-refractivity contribution >= 4 is 17.5 Å². The van der Waals surface area contributed by atoms with Gasteiger partial charge in [0.15, 0.2) is 0 Å². The largest absolute Gasteiger partial charge is 0.460 e. The summed E-state index contributed by atoms with van der Waals surface area (Å²) in [5.74, 6) is -5.63. The van der Waals surface area contributed by atoms with Crippen LogP contribution in [-0.4, -0.2) is 30.1 Å². The Morgan fingerprint density at radius 3 is 2.28 bits per heavy atom. The number of hydrogen-bond donors (Lipinski definition) is 0. The molecule has 1 aliphatic carbocycles. The zero-order chi connectivity index (χ0) is 13.8. The standard InChI is InChI=1S/C12H16F2O4/c1-2-18-11(17)10(16)7-9(15)8-3-5-12(13,14)6-4-8/h8H,2-7H2,1H3. The number of carbonyl (C=O) groups excluding carboxylic acids is 3. The second kappa shape index (κ2) is 6.02. The van der Waals surface area contributed by atoms with E-state index in [2.05, 4.69) is 4.74 Å². The summed E-state index contributed by atoms with van der Waals surface area (Å²) in [6.45, 7) is 1.62. The molecule has 1 aliphatic rings. The number of ketones is 2. The van der Waals surface area contributed by atoms with E-state index in [4.69, 9.17) is 0 Å². The van der Waals surface area contributed by atoms with Gasteiger partial charge in [-0.2, -0.15) is 0 Å². The first-order valence-electron chi connectivity index (χ1n) is 5.96. The quantitative estimate of drug-likeness (QED) is 0.431. The zero-order valence-corrected chi connectivity index (χ0v) is 10.2. The Hall–Kier alpha value is -1.33. The molecule has 0 aromatic heterocycles. The van der Waals surface area contributed by atoms with Gasteiger partial charge in [-0.1, -0.05) is 0 Å². The summed E-state index contributed by atoms with van der Waals surface area (Å²) >= 11 is 0. The van der Waals surface area contributed by atoms with Crippen LogP contribution in [0.1, 0.15) is 39.0 Å². The average Bonchev–Trinajstić information content (AvgIpc) is 2.28. The summed E-state index contributed by atoms with van der Waals surface area (Å²) in [7, 11) is 0. The summed E-state index contributed by atoms with van der Waals surface area (Å²) in [6, 6.07) is 0. The van der Waals surface area contributed by atoms with Gasteiger partial charge in [0.2, 0.25) is 11.7 Å². The second-order valence-corrected chi connectivity index (χ2v) is 4.42. The van der Waals surface area contributed by atoms with E-state index >= 15 is 0 Å². The minimum Gasteiger partial charge on any atom is -0.460 e. The van der Waals surface area contributed by atoms with Gasteiger partial charge in [0.25, 0.3) is 0 Å². The van der Waals surface area contributed by atoms with Gasteiger partial charge in [-0.3, -0.25) is 9.59 Å². The fourth-order valence-corrected chi connectivity index (χ4v) is 1.95. The normalized spacial score (nSPS) is 19.3. The van der Waals surface area contributed by atoms with Gasteiger partial charge >= 0.3 is 5.97 Å². The highest BCUT2D eigenvalue weighted by molar-refractivity contribution is 6.37. The first-order valence-corrected chi connectivity index (χ1v) is 5.96. The molecule has 0 aromatic rings. The van der Waals surface area contributed by atoms with Gasteiger partial charge in [0.05, 0.1) is 13.0 Å². The molecule has 0 N–H and O–H groups in total. The van der Waals surface area contributed by atoms with Gasteiger partial charge in [-0.25, -0.2) is 13.6 Å². The minimum absolute atomic E-state index is 0.0639. The topological polar surface area (TPSA) is 60.4 Å². The summed E-state index contributed by atoms with van der Waals surface area (Å²) < 4.78 is 30.2. The Kier molecular flexibility index (Phi) is 4.93. The maximum absolute atomic E-state index is 12.9. The zero-order valence-electron chi connectivity index (χ0n) is 10.2. The van der Waals surface area contributed by atoms with Crippen LogP contribution < -0.4 is 0 Å². The minimum atomic E-state index is -2.71. The lowest BCUT2D eigenvalue weighted by atomic mass is 9.83. The van der Waals surface area contributed by atoms with E-state index in [-0.39, 0.29) is 32.3 Å². The molecule has 0 aliphatic heterocycles. The number of esters is 1. The van der Waals surface area contributed by atoms with Gasteiger partial charge in [0.1, 0.15) is 5.78 Å². The molecule has 6 heteroatoms.